The van der Waals surface area contributed by atoms with Gasteiger partial charge in [-0.05, 0) is 12.5 Å². The maximum atomic E-state index is 4.43. The van der Waals surface area contributed by atoms with Gasteiger partial charge >= 0.3 is 0 Å². The maximum absolute atomic E-state index is 4.43. The normalized spacial score (nSPS) is 11.1. The third kappa shape index (κ3) is 2.63. The van der Waals surface area contributed by atoms with E-state index < -0.39 is 0 Å². The fourth-order valence-electron chi connectivity index (χ4n) is 2.07. The Hall–Kier alpha value is -1.31. The SMILES string of the molecule is CCCCCCCn1ncc2ccccc21. The summed E-state index contributed by atoms with van der Waals surface area (Å²) in [5.41, 5.74) is 1.26. The number of aromatic nitrogens is 2. The number of rotatable bonds is 6. The summed E-state index contributed by atoms with van der Waals surface area (Å²) in [7, 11) is 0. The van der Waals surface area contributed by atoms with Crippen molar-refractivity contribution in [3.63, 3.8) is 0 Å². The van der Waals surface area contributed by atoms with Gasteiger partial charge in [0.25, 0.3) is 0 Å². The van der Waals surface area contributed by atoms with E-state index in [0.717, 1.165) is 6.54 Å². The molecule has 0 fully saturated rings. The van der Waals surface area contributed by atoms with Crippen molar-refractivity contribution < 1.29 is 0 Å². The summed E-state index contributed by atoms with van der Waals surface area (Å²) in [6.45, 7) is 3.30. The molecule has 0 aliphatic heterocycles. The number of hydrogen-bond donors (Lipinski definition) is 0. The molecule has 0 bridgehead atoms. The quantitative estimate of drug-likeness (QED) is 0.667. The second-order valence-corrected chi connectivity index (χ2v) is 4.34. The third-order valence-corrected chi connectivity index (χ3v) is 3.02. The second kappa shape index (κ2) is 5.69. The molecule has 0 spiro atoms. The van der Waals surface area contributed by atoms with Gasteiger partial charge in [0.05, 0.1) is 11.7 Å². The van der Waals surface area contributed by atoms with Crippen LogP contribution >= 0.6 is 0 Å². The second-order valence-electron chi connectivity index (χ2n) is 4.34. The summed E-state index contributed by atoms with van der Waals surface area (Å²) in [5.74, 6) is 0. The molecular formula is C14H20N2. The predicted octanol–water partition coefficient (Wildman–Crippen LogP) is 4.01. The summed E-state index contributed by atoms with van der Waals surface area (Å²) >= 11 is 0. The van der Waals surface area contributed by atoms with E-state index in [9.17, 15) is 0 Å². The Balaban J connectivity index is 1.89. The number of aryl methyl sites for hydroxylation is 1. The molecule has 86 valence electrons. The van der Waals surface area contributed by atoms with E-state index in [2.05, 4.69) is 41.0 Å². The highest BCUT2D eigenvalue weighted by molar-refractivity contribution is 5.78. The molecule has 1 heterocycles. The smallest absolute Gasteiger partial charge is 0.0682 e. The third-order valence-electron chi connectivity index (χ3n) is 3.02. The van der Waals surface area contributed by atoms with Crippen LogP contribution < -0.4 is 0 Å². The first-order chi connectivity index (χ1) is 7.92. The van der Waals surface area contributed by atoms with Gasteiger partial charge in [0.15, 0.2) is 0 Å². The summed E-state index contributed by atoms with van der Waals surface area (Å²) < 4.78 is 2.13. The Bertz CT molecular complexity index is 431. The van der Waals surface area contributed by atoms with Gasteiger partial charge in [-0.15, -0.1) is 0 Å². The molecule has 1 aromatic carbocycles. The summed E-state index contributed by atoms with van der Waals surface area (Å²) in [4.78, 5) is 0. The highest BCUT2D eigenvalue weighted by Crippen LogP contribution is 2.13. The molecule has 2 rings (SSSR count). The molecule has 0 unspecified atom stereocenters. The van der Waals surface area contributed by atoms with Crippen LogP contribution in [0.3, 0.4) is 0 Å². The minimum absolute atomic E-state index is 1.05. The highest BCUT2D eigenvalue weighted by atomic mass is 15.3. The molecule has 0 amide bonds. The van der Waals surface area contributed by atoms with E-state index in [1.807, 2.05) is 6.20 Å². The molecule has 1 aromatic heterocycles. The average Bonchev–Trinajstić information content (AvgIpc) is 2.73. The van der Waals surface area contributed by atoms with Gasteiger partial charge in [-0.3, -0.25) is 4.68 Å². The van der Waals surface area contributed by atoms with Crippen LogP contribution in [0.1, 0.15) is 39.0 Å². The monoisotopic (exact) mass is 216 g/mol. The van der Waals surface area contributed by atoms with Gasteiger partial charge in [0.1, 0.15) is 0 Å². The number of benzene rings is 1. The first-order valence-electron chi connectivity index (χ1n) is 6.32. The van der Waals surface area contributed by atoms with Crippen molar-refractivity contribution in [2.75, 3.05) is 0 Å². The molecule has 0 aliphatic carbocycles. The van der Waals surface area contributed by atoms with E-state index in [1.54, 1.807) is 0 Å². The fourth-order valence-corrected chi connectivity index (χ4v) is 2.07. The Kier molecular flexibility index (Phi) is 3.97. The highest BCUT2D eigenvalue weighted by Gasteiger charge is 2.00. The van der Waals surface area contributed by atoms with E-state index in [-0.39, 0.29) is 0 Å². The molecule has 0 saturated heterocycles. The Morgan fingerprint density at radius 3 is 2.75 bits per heavy atom. The number of hydrogen-bond acceptors (Lipinski definition) is 1. The van der Waals surface area contributed by atoms with Crippen LogP contribution in [0.2, 0.25) is 0 Å². The van der Waals surface area contributed by atoms with Crippen molar-refractivity contribution in [3.05, 3.63) is 30.5 Å². The van der Waals surface area contributed by atoms with E-state index in [0.29, 0.717) is 0 Å². The van der Waals surface area contributed by atoms with Crippen LogP contribution in [0.25, 0.3) is 10.9 Å². The van der Waals surface area contributed by atoms with E-state index >= 15 is 0 Å². The van der Waals surface area contributed by atoms with Gasteiger partial charge in [0.2, 0.25) is 0 Å². The van der Waals surface area contributed by atoms with Gasteiger partial charge in [-0.25, -0.2) is 0 Å². The van der Waals surface area contributed by atoms with Gasteiger partial charge in [0, 0.05) is 11.9 Å². The van der Waals surface area contributed by atoms with E-state index in [1.165, 1.54) is 43.0 Å². The molecule has 0 aliphatic rings. The topological polar surface area (TPSA) is 17.8 Å². The molecule has 2 heteroatoms. The standard InChI is InChI=1S/C14H20N2/c1-2-3-4-5-8-11-16-14-10-7-6-9-13(14)12-15-16/h6-7,9-10,12H,2-5,8,11H2,1H3. The Morgan fingerprint density at radius 1 is 1.06 bits per heavy atom. The molecular weight excluding hydrogens is 196 g/mol. The van der Waals surface area contributed by atoms with Crippen LogP contribution in [0, 0.1) is 0 Å². The number of nitrogens with zero attached hydrogens (tertiary/aromatic N) is 2. The molecule has 16 heavy (non-hydrogen) atoms. The van der Waals surface area contributed by atoms with Gasteiger partial charge in [-0.1, -0.05) is 50.8 Å². The summed E-state index contributed by atoms with van der Waals surface area (Å²) in [5, 5.41) is 5.68. The zero-order chi connectivity index (χ0) is 11.2. The van der Waals surface area contributed by atoms with Crippen LogP contribution in [0.4, 0.5) is 0 Å². The van der Waals surface area contributed by atoms with Crippen molar-refractivity contribution in [1.29, 1.82) is 0 Å². The lowest BCUT2D eigenvalue weighted by Crippen LogP contribution is -1.99. The fraction of sp³-hybridized carbons (Fsp3) is 0.500. The zero-order valence-electron chi connectivity index (χ0n) is 10.0. The van der Waals surface area contributed by atoms with Crippen LogP contribution in [0.5, 0.6) is 0 Å². The van der Waals surface area contributed by atoms with Crippen molar-refractivity contribution in [2.24, 2.45) is 0 Å². The molecule has 0 saturated carbocycles. The lowest BCUT2D eigenvalue weighted by Gasteiger charge is -2.03. The predicted molar refractivity (Wildman–Crippen MR) is 68.5 cm³/mol. The lowest BCUT2D eigenvalue weighted by molar-refractivity contribution is 0.544. The van der Waals surface area contributed by atoms with Crippen LogP contribution in [-0.4, -0.2) is 9.78 Å². The van der Waals surface area contributed by atoms with Gasteiger partial charge in [-0.2, -0.15) is 5.10 Å². The van der Waals surface area contributed by atoms with Crippen molar-refractivity contribution in [2.45, 2.75) is 45.6 Å². The van der Waals surface area contributed by atoms with Crippen LogP contribution in [0.15, 0.2) is 30.5 Å². The first kappa shape index (κ1) is 11.2. The molecule has 0 atom stereocenters. The minimum Gasteiger partial charge on any atom is -0.265 e. The largest absolute Gasteiger partial charge is 0.265 e. The van der Waals surface area contributed by atoms with E-state index in [4.69, 9.17) is 0 Å². The molecule has 0 radical (unpaired) electrons. The number of unbranched alkanes of at least 4 members (excludes halogenated alkanes) is 4. The number of para-hydroxylation sites is 1. The maximum Gasteiger partial charge on any atom is 0.0682 e. The van der Waals surface area contributed by atoms with Gasteiger partial charge < -0.3 is 0 Å². The summed E-state index contributed by atoms with van der Waals surface area (Å²) in [6, 6.07) is 8.41. The first-order valence-corrected chi connectivity index (χ1v) is 6.32. The molecule has 0 N–H and O–H groups in total. The summed E-state index contributed by atoms with van der Waals surface area (Å²) in [6.07, 6.45) is 8.55. The lowest BCUT2D eigenvalue weighted by atomic mass is 10.1. The van der Waals surface area contributed by atoms with Crippen LogP contribution in [-0.2, 0) is 6.54 Å². The zero-order valence-corrected chi connectivity index (χ0v) is 10.0. The number of fused-ring (bicyclic) bond motifs is 1. The Labute approximate surface area is 97.3 Å². The Morgan fingerprint density at radius 2 is 1.88 bits per heavy atom. The average molecular weight is 216 g/mol. The molecule has 2 aromatic rings. The van der Waals surface area contributed by atoms with Crippen molar-refractivity contribution in [3.8, 4) is 0 Å². The van der Waals surface area contributed by atoms with Crippen molar-refractivity contribution >= 4 is 10.9 Å². The molecule has 2 nitrogen and oxygen atoms in total. The minimum atomic E-state index is 1.05. The van der Waals surface area contributed by atoms with Crippen molar-refractivity contribution in [1.82, 2.24) is 9.78 Å².